The third-order valence-electron chi connectivity index (χ3n) is 7.58. The summed E-state index contributed by atoms with van der Waals surface area (Å²) in [5, 5.41) is 1.25. The lowest BCUT2D eigenvalue weighted by molar-refractivity contribution is 0.354. The van der Waals surface area contributed by atoms with Crippen molar-refractivity contribution in [1.29, 1.82) is 0 Å². The van der Waals surface area contributed by atoms with Crippen molar-refractivity contribution >= 4 is 22.9 Å². The standard InChI is InChI=1S/C35H32N2O3/c1-23-10-4-5-11-26(23)34-28-13-7-9-15-31(28)40-35(24-16-17-32(38-2)33(20-24)39-3)29(34)22-36-19-18-25-21-37-30-14-8-6-12-27(25)30/h4-17,20-22,34,37H,18-19H2,1-3H3. The van der Waals surface area contributed by atoms with Crippen LogP contribution in [0.15, 0.2) is 108 Å². The SMILES string of the molecule is COc1ccc(C2=C(C=NCCc3c[nH]c4ccccc34)C(c3ccccc3C)c3ccccc3O2)cc1OC. The second-order valence-electron chi connectivity index (χ2n) is 9.93. The molecule has 0 aliphatic carbocycles. The Labute approximate surface area is 234 Å². The number of methoxy groups -OCH3 is 2. The predicted octanol–water partition coefficient (Wildman–Crippen LogP) is 7.74. The van der Waals surface area contributed by atoms with Gasteiger partial charge in [0.15, 0.2) is 11.5 Å². The Hall–Kier alpha value is -4.77. The van der Waals surface area contributed by atoms with E-state index in [1.54, 1.807) is 14.2 Å². The molecule has 1 aliphatic heterocycles. The Morgan fingerprint density at radius 2 is 1.60 bits per heavy atom. The zero-order valence-electron chi connectivity index (χ0n) is 23.0. The number of hydrogen-bond donors (Lipinski definition) is 1. The van der Waals surface area contributed by atoms with Crippen LogP contribution >= 0.6 is 0 Å². The van der Waals surface area contributed by atoms with Crippen LogP contribution in [0.4, 0.5) is 0 Å². The number of aliphatic imine (C=N–C) groups is 1. The molecule has 0 bridgehead atoms. The van der Waals surface area contributed by atoms with E-state index in [-0.39, 0.29) is 5.92 Å². The molecule has 0 spiro atoms. The van der Waals surface area contributed by atoms with E-state index in [9.17, 15) is 0 Å². The van der Waals surface area contributed by atoms with E-state index in [4.69, 9.17) is 19.2 Å². The Kier molecular flexibility index (Phi) is 7.11. The van der Waals surface area contributed by atoms with Gasteiger partial charge in [-0.2, -0.15) is 0 Å². The minimum Gasteiger partial charge on any atom is -0.493 e. The first-order valence-electron chi connectivity index (χ1n) is 13.5. The average Bonchev–Trinajstić information content (AvgIpc) is 3.42. The summed E-state index contributed by atoms with van der Waals surface area (Å²) in [6.45, 7) is 2.82. The molecule has 0 fully saturated rings. The van der Waals surface area contributed by atoms with Crippen molar-refractivity contribution in [2.24, 2.45) is 4.99 Å². The highest BCUT2D eigenvalue weighted by Crippen LogP contribution is 2.46. The van der Waals surface area contributed by atoms with Crippen molar-refractivity contribution in [1.82, 2.24) is 4.98 Å². The highest BCUT2D eigenvalue weighted by atomic mass is 16.5. The number of hydrogen-bond acceptors (Lipinski definition) is 4. The fraction of sp³-hybridized carbons (Fsp3) is 0.171. The van der Waals surface area contributed by atoms with Gasteiger partial charge in [-0.15, -0.1) is 0 Å². The fourth-order valence-corrected chi connectivity index (χ4v) is 5.55. The van der Waals surface area contributed by atoms with Gasteiger partial charge in [0.25, 0.3) is 0 Å². The molecule has 1 N–H and O–H groups in total. The summed E-state index contributed by atoms with van der Waals surface area (Å²) in [6.07, 6.45) is 4.94. The molecule has 0 amide bonds. The van der Waals surface area contributed by atoms with Crippen molar-refractivity contribution in [2.45, 2.75) is 19.3 Å². The van der Waals surface area contributed by atoms with Gasteiger partial charge in [-0.05, 0) is 60.4 Å². The maximum absolute atomic E-state index is 6.64. The quantitative estimate of drug-likeness (QED) is 0.210. The van der Waals surface area contributed by atoms with Gasteiger partial charge in [0, 0.05) is 52.5 Å². The number of allylic oxidation sites excluding steroid dienone is 1. The highest BCUT2D eigenvalue weighted by Gasteiger charge is 2.32. The average molecular weight is 529 g/mol. The van der Waals surface area contributed by atoms with E-state index in [1.807, 2.05) is 36.5 Å². The number of ether oxygens (including phenoxy) is 3. The lowest BCUT2D eigenvalue weighted by atomic mass is 9.80. The highest BCUT2D eigenvalue weighted by molar-refractivity contribution is 5.94. The minimum atomic E-state index is -0.0360. The third-order valence-corrected chi connectivity index (χ3v) is 7.58. The molecule has 1 unspecified atom stereocenters. The molecule has 6 rings (SSSR count). The minimum absolute atomic E-state index is 0.0360. The van der Waals surface area contributed by atoms with E-state index < -0.39 is 0 Å². The van der Waals surface area contributed by atoms with Gasteiger partial charge < -0.3 is 19.2 Å². The largest absolute Gasteiger partial charge is 0.493 e. The predicted molar refractivity (Wildman–Crippen MR) is 162 cm³/mol. The van der Waals surface area contributed by atoms with Crippen LogP contribution in [0.2, 0.25) is 0 Å². The molecule has 0 saturated carbocycles. The molecular formula is C35H32N2O3. The van der Waals surface area contributed by atoms with Gasteiger partial charge >= 0.3 is 0 Å². The van der Waals surface area contributed by atoms with E-state index in [2.05, 4.69) is 78.8 Å². The summed E-state index contributed by atoms with van der Waals surface area (Å²) in [5.74, 6) is 2.90. The zero-order chi connectivity index (χ0) is 27.5. The van der Waals surface area contributed by atoms with Gasteiger partial charge in [-0.25, -0.2) is 0 Å². The molecule has 5 nitrogen and oxygen atoms in total. The van der Waals surface area contributed by atoms with Crippen LogP contribution in [-0.2, 0) is 6.42 Å². The number of aromatic amines is 1. The van der Waals surface area contributed by atoms with Crippen LogP contribution < -0.4 is 14.2 Å². The molecule has 1 aliphatic rings. The van der Waals surface area contributed by atoms with Gasteiger partial charge in [-0.3, -0.25) is 4.99 Å². The Morgan fingerprint density at radius 1 is 0.850 bits per heavy atom. The van der Waals surface area contributed by atoms with Crippen molar-refractivity contribution in [2.75, 3.05) is 20.8 Å². The molecule has 1 aromatic heterocycles. The molecule has 2 heterocycles. The van der Waals surface area contributed by atoms with Gasteiger partial charge in [-0.1, -0.05) is 60.7 Å². The number of para-hydroxylation sites is 2. The van der Waals surface area contributed by atoms with E-state index in [0.29, 0.717) is 18.0 Å². The normalized spacial score (nSPS) is 14.8. The summed E-state index contributed by atoms with van der Waals surface area (Å²) >= 11 is 0. The lowest BCUT2D eigenvalue weighted by Crippen LogP contribution is -2.18. The number of H-pyrrole nitrogens is 1. The van der Waals surface area contributed by atoms with Crippen LogP contribution in [0.1, 0.15) is 33.7 Å². The maximum Gasteiger partial charge on any atom is 0.161 e. The van der Waals surface area contributed by atoms with Crippen molar-refractivity contribution in [3.63, 3.8) is 0 Å². The molecule has 5 aromatic rings. The van der Waals surface area contributed by atoms with E-state index >= 15 is 0 Å². The topological polar surface area (TPSA) is 55.8 Å². The summed E-state index contributed by atoms with van der Waals surface area (Å²) in [7, 11) is 3.29. The Bertz CT molecular complexity index is 1730. The first kappa shape index (κ1) is 25.5. The molecule has 200 valence electrons. The van der Waals surface area contributed by atoms with Crippen LogP contribution in [0.5, 0.6) is 17.2 Å². The van der Waals surface area contributed by atoms with Crippen LogP contribution in [0, 0.1) is 6.92 Å². The molecule has 40 heavy (non-hydrogen) atoms. The van der Waals surface area contributed by atoms with Gasteiger partial charge in [0.2, 0.25) is 0 Å². The van der Waals surface area contributed by atoms with Gasteiger partial charge in [0.05, 0.1) is 14.2 Å². The van der Waals surface area contributed by atoms with Crippen LogP contribution in [0.25, 0.3) is 16.7 Å². The summed E-state index contributed by atoms with van der Waals surface area (Å²) in [6, 6.07) is 31.1. The first-order chi connectivity index (χ1) is 19.7. The number of aromatic nitrogens is 1. The second kappa shape index (κ2) is 11.1. The number of fused-ring (bicyclic) bond motifs is 2. The molecular weight excluding hydrogens is 496 g/mol. The number of aryl methyl sites for hydroxylation is 1. The number of nitrogens with zero attached hydrogens (tertiary/aromatic N) is 1. The third kappa shape index (κ3) is 4.75. The van der Waals surface area contributed by atoms with Crippen molar-refractivity contribution in [3.8, 4) is 17.2 Å². The van der Waals surface area contributed by atoms with E-state index in [1.165, 1.54) is 22.1 Å². The molecule has 4 aromatic carbocycles. The summed E-state index contributed by atoms with van der Waals surface area (Å²) in [5.41, 5.74) is 7.91. The van der Waals surface area contributed by atoms with Crippen molar-refractivity contribution in [3.05, 3.63) is 131 Å². The van der Waals surface area contributed by atoms with Gasteiger partial charge in [0.1, 0.15) is 11.5 Å². The molecule has 5 heteroatoms. The Balaban J connectivity index is 1.45. The monoisotopic (exact) mass is 528 g/mol. The number of rotatable bonds is 8. The molecule has 0 saturated heterocycles. The van der Waals surface area contributed by atoms with Crippen LogP contribution in [0.3, 0.4) is 0 Å². The summed E-state index contributed by atoms with van der Waals surface area (Å²) in [4.78, 5) is 8.34. The summed E-state index contributed by atoms with van der Waals surface area (Å²) < 4.78 is 17.8. The first-order valence-corrected chi connectivity index (χ1v) is 13.5. The number of benzene rings is 4. The smallest absolute Gasteiger partial charge is 0.161 e. The Morgan fingerprint density at radius 3 is 2.42 bits per heavy atom. The van der Waals surface area contributed by atoms with E-state index in [0.717, 1.165) is 40.1 Å². The second-order valence-corrected chi connectivity index (χ2v) is 9.93. The maximum atomic E-state index is 6.64. The fourth-order valence-electron chi connectivity index (χ4n) is 5.55. The zero-order valence-corrected chi connectivity index (χ0v) is 23.0. The van der Waals surface area contributed by atoms with Crippen LogP contribution in [-0.4, -0.2) is 32.0 Å². The molecule has 0 radical (unpaired) electrons. The number of nitrogens with one attached hydrogen (secondary N) is 1. The lowest BCUT2D eigenvalue weighted by Gasteiger charge is -2.31. The van der Waals surface area contributed by atoms with Crippen molar-refractivity contribution < 1.29 is 14.2 Å². The molecule has 1 atom stereocenters.